The molecule has 1 rings (SSSR count). The molecule has 1 fully saturated rings. The minimum Gasteiger partial charge on any atom is -0.339 e. The Morgan fingerprint density at radius 2 is 2.31 bits per heavy atom. The highest BCUT2D eigenvalue weighted by Gasteiger charge is 2.34. The van der Waals surface area contributed by atoms with E-state index in [1.165, 1.54) is 6.08 Å². The van der Waals surface area contributed by atoms with Crippen molar-refractivity contribution in [1.29, 1.82) is 0 Å². The van der Waals surface area contributed by atoms with Crippen LogP contribution in [0.2, 0.25) is 0 Å². The van der Waals surface area contributed by atoms with Gasteiger partial charge >= 0.3 is 0 Å². The average Bonchev–Trinajstić information content (AvgIpc) is 2.08. The van der Waals surface area contributed by atoms with Crippen molar-refractivity contribution in [2.24, 2.45) is 11.1 Å². The van der Waals surface area contributed by atoms with Crippen LogP contribution < -0.4 is 5.73 Å². The number of amides is 1. The fraction of sp³-hybridized carbons (Fsp3) is 0.700. The fourth-order valence-electron chi connectivity index (χ4n) is 1.69. The third-order valence-electron chi connectivity index (χ3n) is 2.80. The molecule has 0 radical (unpaired) electrons. The van der Waals surface area contributed by atoms with Gasteiger partial charge in [0.05, 0.1) is 0 Å². The summed E-state index contributed by atoms with van der Waals surface area (Å²) >= 11 is 0. The van der Waals surface area contributed by atoms with E-state index in [4.69, 9.17) is 5.73 Å². The first-order valence-electron chi connectivity index (χ1n) is 4.64. The Morgan fingerprint density at radius 1 is 1.69 bits per heavy atom. The van der Waals surface area contributed by atoms with E-state index in [1.807, 2.05) is 4.90 Å². The number of likely N-dealkylation sites (tertiary alicyclic amines) is 1. The molecule has 0 aromatic rings. The molecule has 1 saturated heterocycles. The summed E-state index contributed by atoms with van der Waals surface area (Å²) in [5.74, 6) is 0.0139. The molecule has 1 aliphatic heterocycles. The second-order valence-corrected chi connectivity index (χ2v) is 4.35. The van der Waals surface area contributed by atoms with Crippen molar-refractivity contribution >= 4 is 5.91 Å². The van der Waals surface area contributed by atoms with Gasteiger partial charge in [-0.1, -0.05) is 20.4 Å². The maximum atomic E-state index is 11.3. The molecule has 1 atom stereocenters. The molecular weight excluding hydrogens is 164 g/mol. The first kappa shape index (κ1) is 10.3. The first-order chi connectivity index (χ1) is 5.97. The molecular formula is C10H18N2O. The van der Waals surface area contributed by atoms with Crippen LogP contribution in [-0.2, 0) is 4.79 Å². The second-order valence-electron chi connectivity index (χ2n) is 4.35. The van der Waals surface area contributed by atoms with E-state index in [9.17, 15) is 4.79 Å². The number of rotatable bonds is 1. The Morgan fingerprint density at radius 3 is 2.77 bits per heavy atom. The van der Waals surface area contributed by atoms with E-state index in [0.717, 1.165) is 19.5 Å². The molecule has 0 spiro atoms. The van der Waals surface area contributed by atoms with Crippen LogP contribution in [-0.4, -0.2) is 29.9 Å². The molecule has 2 N–H and O–H groups in total. The van der Waals surface area contributed by atoms with Crippen molar-refractivity contribution in [2.45, 2.75) is 26.3 Å². The number of hydrogen-bond donors (Lipinski definition) is 1. The molecule has 13 heavy (non-hydrogen) atoms. The van der Waals surface area contributed by atoms with Gasteiger partial charge in [-0.05, 0) is 17.9 Å². The van der Waals surface area contributed by atoms with Crippen molar-refractivity contribution < 1.29 is 4.79 Å². The summed E-state index contributed by atoms with van der Waals surface area (Å²) in [6.07, 6.45) is 2.25. The van der Waals surface area contributed by atoms with E-state index >= 15 is 0 Å². The fourth-order valence-corrected chi connectivity index (χ4v) is 1.69. The normalized spacial score (nSPS) is 27.0. The van der Waals surface area contributed by atoms with E-state index < -0.39 is 0 Å². The molecule has 1 aliphatic rings. The van der Waals surface area contributed by atoms with E-state index in [0.29, 0.717) is 0 Å². The number of nitrogens with two attached hydrogens (primary N) is 1. The van der Waals surface area contributed by atoms with Crippen LogP contribution in [0.3, 0.4) is 0 Å². The van der Waals surface area contributed by atoms with Gasteiger partial charge in [-0.15, -0.1) is 0 Å². The third kappa shape index (κ3) is 2.10. The molecule has 0 aromatic carbocycles. The number of carbonyl (C=O) groups is 1. The lowest BCUT2D eigenvalue weighted by atomic mass is 9.80. The predicted octanol–water partition coefficient (Wildman–Crippen LogP) is 0.758. The SMILES string of the molecule is C=CC(=O)N1CCC(N)C(C)(C)C1. The van der Waals surface area contributed by atoms with Crippen molar-refractivity contribution in [2.75, 3.05) is 13.1 Å². The zero-order valence-electron chi connectivity index (χ0n) is 8.42. The number of hydrogen-bond acceptors (Lipinski definition) is 2. The summed E-state index contributed by atoms with van der Waals surface area (Å²) in [4.78, 5) is 13.1. The lowest BCUT2D eigenvalue weighted by molar-refractivity contribution is -0.129. The molecule has 0 bridgehead atoms. The molecule has 0 aliphatic carbocycles. The average molecular weight is 182 g/mol. The maximum Gasteiger partial charge on any atom is 0.245 e. The summed E-state index contributed by atoms with van der Waals surface area (Å²) in [6, 6.07) is 0.196. The smallest absolute Gasteiger partial charge is 0.245 e. The molecule has 3 nitrogen and oxygen atoms in total. The molecule has 3 heteroatoms. The topological polar surface area (TPSA) is 46.3 Å². The summed E-state index contributed by atoms with van der Waals surface area (Å²) < 4.78 is 0. The highest BCUT2D eigenvalue weighted by Crippen LogP contribution is 2.27. The van der Waals surface area contributed by atoms with Crippen LogP contribution in [0.4, 0.5) is 0 Å². The minimum atomic E-state index is 0.0139. The van der Waals surface area contributed by atoms with Crippen molar-refractivity contribution in [3.05, 3.63) is 12.7 Å². The van der Waals surface area contributed by atoms with Crippen LogP contribution in [0, 0.1) is 5.41 Å². The van der Waals surface area contributed by atoms with Crippen LogP contribution in [0.1, 0.15) is 20.3 Å². The summed E-state index contributed by atoms with van der Waals surface area (Å²) in [7, 11) is 0. The Labute approximate surface area is 79.6 Å². The van der Waals surface area contributed by atoms with Crippen LogP contribution in [0.5, 0.6) is 0 Å². The molecule has 1 amide bonds. The van der Waals surface area contributed by atoms with Crippen molar-refractivity contribution in [1.82, 2.24) is 4.90 Å². The Balaban J connectivity index is 2.65. The van der Waals surface area contributed by atoms with Crippen LogP contribution in [0.25, 0.3) is 0 Å². The van der Waals surface area contributed by atoms with Gasteiger partial charge in [0.15, 0.2) is 0 Å². The van der Waals surface area contributed by atoms with Crippen molar-refractivity contribution in [3.8, 4) is 0 Å². The summed E-state index contributed by atoms with van der Waals surface area (Å²) in [5.41, 5.74) is 5.98. The van der Waals surface area contributed by atoms with Gasteiger partial charge < -0.3 is 10.6 Å². The number of piperidine rings is 1. The van der Waals surface area contributed by atoms with Gasteiger partial charge in [-0.25, -0.2) is 0 Å². The van der Waals surface area contributed by atoms with E-state index in [1.54, 1.807) is 0 Å². The lowest BCUT2D eigenvalue weighted by Crippen LogP contribution is -2.53. The first-order valence-corrected chi connectivity index (χ1v) is 4.64. The van der Waals surface area contributed by atoms with Gasteiger partial charge in [0.2, 0.25) is 5.91 Å². The number of carbonyl (C=O) groups excluding carboxylic acids is 1. The minimum absolute atomic E-state index is 0.0139. The van der Waals surface area contributed by atoms with E-state index in [2.05, 4.69) is 20.4 Å². The quantitative estimate of drug-likeness (QED) is 0.608. The molecule has 1 heterocycles. The van der Waals surface area contributed by atoms with Gasteiger partial charge in [-0.3, -0.25) is 4.79 Å². The van der Waals surface area contributed by atoms with Crippen LogP contribution in [0.15, 0.2) is 12.7 Å². The predicted molar refractivity (Wildman–Crippen MR) is 53.2 cm³/mol. The third-order valence-corrected chi connectivity index (χ3v) is 2.80. The molecule has 74 valence electrons. The standard InChI is InChI=1S/C10H18N2O/c1-4-9(13)12-6-5-8(11)10(2,3)7-12/h4,8H,1,5-7,11H2,2-3H3. The Hall–Kier alpha value is -0.830. The maximum absolute atomic E-state index is 11.3. The van der Waals surface area contributed by atoms with Gasteiger partial charge in [0, 0.05) is 19.1 Å². The zero-order chi connectivity index (χ0) is 10.1. The summed E-state index contributed by atoms with van der Waals surface area (Å²) in [5, 5.41) is 0. The van der Waals surface area contributed by atoms with Crippen molar-refractivity contribution in [3.63, 3.8) is 0 Å². The lowest BCUT2D eigenvalue weighted by Gasteiger charge is -2.42. The second kappa shape index (κ2) is 3.50. The van der Waals surface area contributed by atoms with Crippen LogP contribution >= 0.6 is 0 Å². The summed E-state index contributed by atoms with van der Waals surface area (Å²) in [6.45, 7) is 9.17. The highest BCUT2D eigenvalue weighted by atomic mass is 16.2. The Bertz CT molecular complexity index is 223. The molecule has 0 saturated carbocycles. The molecule has 0 aromatic heterocycles. The van der Waals surface area contributed by atoms with Gasteiger partial charge in [0.1, 0.15) is 0 Å². The highest BCUT2D eigenvalue weighted by molar-refractivity contribution is 5.87. The monoisotopic (exact) mass is 182 g/mol. The molecule has 1 unspecified atom stereocenters. The van der Waals surface area contributed by atoms with E-state index in [-0.39, 0.29) is 17.4 Å². The Kier molecular flexibility index (Phi) is 2.76. The number of nitrogens with zero attached hydrogens (tertiary/aromatic N) is 1. The largest absolute Gasteiger partial charge is 0.339 e. The zero-order valence-corrected chi connectivity index (χ0v) is 8.42. The van der Waals surface area contributed by atoms with Gasteiger partial charge in [-0.2, -0.15) is 0 Å². The van der Waals surface area contributed by atoms with Gasteiger partial charge in [0.25, 0.3) is 0 Å².